The van der Waals surface area contributed by atoms with Gasteiger partial charge in [-0.2, -0.15) is 21.6 Å². The maximum Gasteiger partial charge on any atom is 0.523 e. The summed E-state index contributed by atoms with van der Waals surface area (Å²) in [6.45, 7) is -0.305. The zero-order valence-corrected chi connectivity index (χ0v) is 8.96. The summed E-state index contributed by atoms with van der Waals surface area (Å²) in [5, 5.41) is 3.20. The number of alkyl halides is 3. The van der Waals surface area contributed by atoms with E-state index in [4.69, 9.17) is 5.53 Å². The molecule has 0 spiro atoms. The average molecular weight is 261 g/mol. The van der Waals surface area contributed by atoms with Crippen molar-refractivity contribution in [1.29, 1.82) is 0 Å². The molecular weight excluding hydrogens is 251 g/mol. The molecule has 94 valence electrons. The lowest BCUT2D eigenvalue weighted by Crippen LogP contribution is -2.25. The zero-order chi connectivity index (χ0) is 12.7. The first-order chi connectivity index (χ1) is 7.31. The van der Waals surface area contributed by atoms with Crippen molar-refractivity contribution in [2.75, 3.05) is 13.2 Å². The van der Waals surface area contributed by atoms with E-state index in [1.807, 2.05) is 0 Å². The Hall–Kier alpha value is -0.990. The molecule has 0 N–H and O–H groups in total. The van der Waals surface area contributed by atoms with Gasteiger partial charge in [-0.05, 0) is 18.4 Å². The lowest BCUT2D eigenvalue weighted by atomic mass is 10.2. The van der Waals surface area contributed by atoms with Gasteiger partial charge in [0, 0.05) is 11.5 Å². The minimum atomic E-state index is -5.48. The van der Waals surface area contributed by atoms with Crippen molar-refractivity contribution in [2.45, 2.75) is 24.8 Å². The summed E-state index contributed by atoms with van der Waals surface area (Å²) in [5.41, 5.74) is 2.52. The fourth-order valence-electron chi connectivity index (χ4n) is 0.742. The van der Waals surface area contributed by atoms with Crippen LogP contribution in [0.2, 0.25) is 0 Å². The normalized spacial score (nSPS) is 12.2. The molecule has 0 saturated heterocycles. The molecule has 0 aliphatic heterocycles. The first-order valence-electron chi connectivity index (χ1n) is 4.28. The van der Waals surface area contributed by atoms with Crippen LogP contribution in [-0.4, -0.2) is 27.1 Å². The molecule has 0 aromatic heterocycles. The second-order valence-corrected chi connectivity index (χ2v) is 4.34. The molecule has 0 amide bonds. The van der Waals surface area contributed by atoms with Crippen LogP contribution in [-0.2, 0) is 14.3 Å². The number of azide groups is 1. The zero-order valence-electron chi connectivity index (χ0n) is 8.14. The average Bonchev–Trinajstić information content (AvgIpc) is 2.14. The number of hydrogen-bond donors (Lipinski definition) is 0. The predicted molar refractivity (Wildman–Crippen MR) is 48.8 cm³/mol. The Kier molecular flexibility index (Phi) is 6.16. The largest absolute Gasteiger partial charge is 0.523 e. The molecule has 0 rings (SSSR count). The van der Waals surface area contributed by atoms with Crippen molar-refractivity contribution in [1.82, 2.24) is 0 Å². The Morgan fingerprint density at radius 1 is 1.25 bits per heavy atom. The van der Waals surface area contributed by atoms with E-state index in [9.17, 15) is 21.6 Å². The second kappa shape index (κ2) is 6.56. The van der Waals surface area contributed by atoms with Crippen molar-refractivity contribution in [3.05, 3.63) is 10.4 Å². The van der Waals surface area contributed by atoms with Gasteiger partial charge in [0.15, 0.2) is 0 Å². The minimum Gasteiger partial charge on any atom is -0.263 e. The quantitative estimate of drug-likeness (QED) is 0.176. The standard InChI is InChI=1S/C6H10F3N3O3S/c7-6(8,9)16(13,14)15-5-3-1-2-4-11-12-10/h1-5H2. The van der Waals surface area contributed by atoms with Crippen LogP contribution in [0.15, 0.2) is 5.11 Å². The third-order valence-corrected chi connectivity index (χ3v) is 2.53. The number of halogens is 3. The fraction of sp³-hybridized carbons (Fsp3) is 1.00. The van der Waals surface area contributed by atoms with E-state index in [0.717, 1.165) is 0 Å². The maximum atomic E-state index is 11.7. The van der Waals surface area contributed by atoms with Crippen LogP contribution in [0.3, 0.4) is 0 Å². The van der Waals surface area contributed by atoms with Gasteiger partial charge in [0.05, 0.1) is 6.61 Å². The number of unbranched alkanes of at least 4 members (excludes halogenated alkanes) is 2. The summed E-state index contributed by atoms with van der Waals surface area (Å²) in [5.74, 6) is 0. The number of nitrogens with zero attached hydrogens (tertiary/aromatic N) is 3. The number of rotatable bonds is 7. The molecule has 0 aromatic rings. The van der Waals surface area contributed by atoms with Crippen molar-refractivity contribution in [3.63, 3.8) is 0 Å². The van der Waals surface area contributed by atoms with E-state index >= 15 is 0 Å². The van der Waals surface area contributed by atoms with Crippen molar-refractivity contribution in [3.8, 4) is 0 Å². The van der Waals surface area contributed by atoms with Gasteiger partial charge in [-0.1, -0.05) is 11.5 Å². The van der Waals surface area contributed by atoms with Crippen LogP contribution in [0, 0.1) is 0 Å². The van der Waals surface area contributed by atoms with E-state index in [-0.39, 0.29) is 13.0 Å². The van der Waals surface area contributed by atoms with E-state index < -0.39 is 22.2 Å². The molecule has 10 heteroatoms. The SMILES string of the molecule is [N-]=[N+]=NCCCCCOS(=O)(=O)C(F)(F)F. The van der Waals surface area contributed by atoms with Gasteiger partial charge in [-0.3, -0.25) is 4.18 Å². The van der Waals surface area contributed by atoms with Gasteiger partial charge >= 0.3 is 15.6 Å². The third kappa shape index (κ3) is 5.79. The van der Waals surface area contributed by atoms with E-state index in [0.29, 0.717) is 12.8 Å². The summed E-state index contributed by atoms with van der Waals surface area (Å²) >= 11 is 0. The molecule has 0 saturated carbocycles. The highest BCUT2D eigenvalue weighted by Gasteiger charge is 2.47. The summed E-state index contributed by atoms with van der Waals surface area (Å²) in [7, 11) is -5.48. The van der Waals surface area contributed by atoms with Crippen molar-refractivity contribution < 1.29 is 25.8 Å². The summed E-state index contributed by atoms with van der Waals surface area (Å²) in [4.78, 5) is 2.47. The van der Waals surface area contributed by atoms with Gasteiger partial charge in [0.25, 0.3) is 0 Å². The topological polar surface area (TPSA) is 92.1 Å². The van der Waals surface area contributed by atoms with Crippen LogP contribution < -0.4 is 0 Å². The van der Waals surface area contributed by atoms with Crippen molar-refractivity contribution in [2.24, 2.45) is 5.11 Å². The first-order valence-corrected chi connectivity index (χ1v) is 5.68. The first kappa shape index (κ1) is 15.0. The Morgan fingerprint density at radius 3 is 2.38 bits per heavy atom. The van der Waals surface area contributed by atoms with Crippen LogP contribution in [0.4, 0.5) is 13.2 Å². The molecule has 0 bridgehead atoms. The van der Waals surface area contributed by atoms with Crippen molar-refractivity contribution >= 4 is 10.1 Å². The number of hydrogen-bond acceptors (Lipinski definition) is 4. The minimum absolute atomic E-state index is 0.149. The molecule has 0 fully saturated rings. The highest BCUT2D eigenvalue weighted by Crippen LogP contribution is 2.24. The van der Waals surface area contributed by atoms with Crippen LogP contribution >= 0.6 is 0 Å². The van der Waals surface area contributed by atoms with Gasteiger partial charge in [0.1, 0.15) is 0 Å². The van der Waals surface area contributed by atoms with Crippen LogP contribution in [0.1, 0.15) is 19.3 Å². The predicted octanol–water partition coefficient (Wildman–Crippen LogP) is 2.33. The Balaban J connectivity index is 3.71. The molecule has 0 aliphatic carbocycles. The molecule has 16 heavy (non-hydrogen) atoms. The maximum absolute atomic E-state index is 11.7. The summed E-state index contributed by atoms with van der Waals surface area (Å²) < 4.78 is 59.7. The highest BCUT2D eigenvalue weighted by atomic mass is 32.2. The molecule has 0 radical (unpaired) electrons. The Bertz CT molecular complexity index is 348. The lowest BCUT2D eigenvalue weighted by molar-refractivity contribution is -0.0542. The summed E-state index contributed by atoms with van der Waals surface area (Å²) in [6, 6.07) is 0. The smallest absolute Gasteiger partial charge is 0.263 e. The molecule has 0 atom stereocenters. The molecule has 0 aromatic carbocycles. The molecular formula is C6H10F3N3O3S. The van der Waals surface area contributed by atoms with Gasteiger partial charge in [0.2, 0.25) is 0 Å². The molecule has 0 heterocycles. The summed E-state index contributed by atoms with van der Waals surface area (Å²) in [6.07, 6.45) is 1.04. The van der Waals surface area contributed by atoms with Crippen LogP contribution in [0.25, 0.3) is 10.4 Å². The van der Waals surface area contributed by atoms with E-state index in [2.05, 4.69) is 14.2 Å². The molecule has 0 unspecified atom stereocenters. The second-order valence-electron chi connectivity index (χ2n) is 2.74. The highest BCUT2D eigenvalue weighted by molar-refractivity contribution is 7.87. The van der Waals surface area contributed by atoms with Gasteiger partial charge < -0.3 is 0 Å². The van der Waals surface area contributed by atoms with E-state index in [1.165, 1.54) is 0 Å². The Labute approximate surface area is 90.1 Å². The van der Waals surface area contributed by atoms with E-state index in [1.54, 1.807) is 0 Å². The van der Waals surface area contributed by atoms with Gasteiger partial charge in [-0.15, -0.1) is 0 Å². The fourth-order valence-corrected chi connectivity index (χ4v) is 1.21. The molecule has 0 aliphatic rings. The van der Waals surface area contributed by atoms with Gasteiger partial charge in [-0.25, -0.2) is 0 Å². The third-order valence-electron chi connectivity index (χ3n) is 1.49. The monoisotopic (exact) mass is 261 g/mol. The lowest BCUT2D eigenvalue weighted by Gasteiger charge is -2.07. The van der Waals surface area contributed by atoms with Crippen LogP contribution in [0.5, 0.6) is 0 Å². The Morgan fingerprint density at radius 2 is 1.88 bits per heavy atom. The molecule has 6 nitrogen and oxygen atoms in total.